The molecule has 0 fully saturated rings. The van der Waals surface area contributed by atoms with E-state index in [1.165, 1.54) is 0 Å². The Kier molecular flexibility index (Phi) is 3.79. The fraction of sp³-hybridized carbons (Fsp3) is 0.118. The Morgan fingerprint density at radius 3 is 2.80 bits per heavy atom. The average molecular weight is 280 g/mol. The lowest BCUT2D eigenvalue weighted by Gasteiger charge is -2.13. The van der Waals surface area contributed by atoms with Crippen molar-refractivity contribution in [2.75, 3.05) is 5.32 Å². The fourth-order valence-electron chi connectivity index (χ4n) is 2.11. The van der Waals surface area contributed by atoms with Crippen molar-refractivity contribution in [1.82, 2.24) is 4.98 Å². The van der Waals surface area contributed by atoms with E-state index < -0.39 is 0 Å². The maximum atomic E-state index is 4.65. The van der Waals surface area contributed by atoms with E-state index in [0.29, 0.717) is 6.04 Å². The van der Waals surface area contributed by atoms with E-state index in [1.807, 2.05) is 6.08 Å². The Hall–Kier alpha value is -2.13. The van der Waals surface area contributed by atoms with Crippen LogP contribution in [0.1, 0.15) is 12.0 Å². The van der Waals surface area contributed by atoms with Crippen molar-refractivity contribution in [2.45, 2.75) is 12.5 Å². The Morgan fingerprint density at radius 2 is 2.10 bits per heavy atom. The third-order valence-corrected chi connectivity index (χ3v) is 4.01. The minimum absolute atomic E-state index is 0.349. The molecule has 20 heavy (non-hydrogen) atoms. The molecule has 0 aliphatic heterocycles. The zero-order valence-corrected chi connectivity index (χ0v) is 11.9. The lowest BCUT2D eigenvalue weighted by Crippen LogP contribution is -2.16. The molecular formula is C17H16N2S. The number of rotatable bonds is 4. The van der Waals surface area contributed by atoms with Gasteiger partial charge in [0.2, 0.25) is 0 Å². The average Bonchev–Trinajstić information content (AvgIpc) is 2.97. The zero-order valence-electron chi connectivity index (χ0n) is 11.1. The van der Waals surface area contributed by atoms with Crippen molar-refractivity contribution in [2.24, 2.45) is 0 Å². The summed E-state index contributed by atoms with van der Waals surface area (Å²) in [6, 6.07) is 8.63. The summed E-state index contributed by atoms with van der Waals surface area (Å²) in [6.45, 7) is 3.77. The van der Waals surface area contributed by atoms with Gasteiger partial charge in [0.25, 0.3) is 0 Å². The van der Waals surface area contributed by atoms with Crippen LogP contribution in [0.5, 0.6) is 0 Å². The highest BCUT2D eigenvalue weighted by atomic mass is 32.1. The summed E-state index contributed by atoms with van der Waals surface area (Å²) >= 11 is 1.65. The van der Waals surface area contributed by atoms with E-state index in [1.54, 1.807) is 11.3 Å². The van der Waals surface area contributed by atoms with Gasteiger partial charge in [0.15, 0.2) is 5.13 Å². The van der Waals surface area contributed by atoms with Crippen molar-refractivity contribution in [1.29, 1.82) is 0 Å². The molecule has 1 aliphatic carbocycles. The Balaban J connectivity index is 1.73. The molecule has 1 atom stereocenters. The second kappa shape index (κ2) is 5.88. The van der Waals surface area contributed by atoms with Gasteiger partial charge >= 0.3 is 0 Å². The predicted molar refractivity (Wildman–Crippen MR) is 87.9 cm³/mol. The van der Waals surface area contributed by atoms with Gasteiger partial charge < -0.3 is 5.32 Å². The number of hydrogen-bond acceptors (Lipinski definition) is 3. The number of benzene rings is 1. The van der Waals surface area contributed by atoms with Crippen LogP contribution in [0.15, 0.2) is 60.5 Å². The number of nitrogens with zero attached hydrogens (tertiary/aromatic N) is 1. The molecule has 1 N–H and O–H groups in total. The van der Waals surface area contributed by atoms with Crippen molar-refractivity contribution < 1.29 is 0 Å². The van der Waals surface area contributed by atoms with Crippen molar-refractivity contribution >= 4 is 22.5 Å². The Bertz CT molecular complexity index is 650. The number of nitrogens with one attached hydrogen (secondary N) is 1. The SMILES string of the molecule is C=Cc1ccc(-c2csc(NC3C=CC=CC3)n2)cc1. The fourth-order valence-corrected chi connectivity index (χ4v) is 2.89. The van der Waals surface area contributed by atoms with Gasteiger partial charge in [0.1, 0.15) is 0 Å². The number of thiazole rings is 1. The molecule has 1 aromatic carbocycles. The van der Waals surface area contributed by atoms with Gasteiger partial charge in [-0.2, -0.15) is 0 Å². The monoisotopic (exact) mass is 280 g/mol. The number of anilines is 1. The minimum Gasteiger partial charge on any atom is -0.355 e. The Morgan fingerprint density at radius 1 is 1.25 bits per heavy atom. The van der Waals surface area contributed by atoms with Crippen LogP contribution in [-0.2, 0) is 0 Å². The van der Waals surface area contributed by atoms with Gasteiger partial charge in [-0.05, 0) is 12.0 Å². The summed E-state index contributed by atoms with van der Waals surface area (Å²) < 4.78 is 0. The van der Waals surface area contributed by atoms with Crippen molar-refractivity contribution in [3.8, 4) is 11.3 Å². The summed E-state index contributed by atoms with van der Waals surface area (Å²) in [4.78, 5) is 4.65. The number of hydrogen-bond donors (Lipinski definition) is 1. The van der Waals surface area contributed by atoms with Gasteiger partial charge in [0.05, 0.1) is 11.7 Å². The highest BCUT2D eigenvalue weighted by molar-refractivity contribution is 7.14. The molecule has 3 rings (SSSR count). The van der Waals surface area contributed by atoms with Crippen LogP contribution >= 0.6 is 11.3 Å². The molecule has 2 nitrogen and oxygen atoms in total. The quantitative estimate of drug-likeness (QED) is 0.874. The van der Waals surface area contributed by atoms with E-state index in [2.05, 4.69) is 70.8 Å². The first-order valence-corrected chi connectivity index (χ1v) is 7.51. The molecule has 0 radical (unpaired) electrons. The van der Waals surface area contributed by atoms with Crippen LogP contribution in [0.2, 0.25) is 0 Å². The summed E-state index contributed by atoms with van der Waals surface area (Å²) in [5.74, 6) is 0. The molecule has 3 heteroatoms. The summed E-state index contributed by atoms with van der Waals surface area (Å²) in [7, 11) is 0. The summed E-state index contributed by atoms with van der Waals surface area (Å²) in [6.07, 6.45) is 11.3. The van der Waals surface area contributed by atoms with Crippen LogP contribution in [-0.4, -0.2) is 11.0 Å². The second-order valence-electron chi connectivity index (χ2n) is 4.66. The van der Waals surface area contributed by atoms with Crippen LogP contribution in [0, 0.1) is 0 Å². The van der Waals surface area contributed by atoms with Crippen LogP contribution < -0.4 is 5.32 Å². The second-order valence-corrected chi connectivity index (χ2v) is 5.52. The van der Waals surface area contributed by atoms with E-state index in [-0.39, 0.29) is 0 Å². The molecule has 1 aliphatic rings. The first-order valence-electron chi connectivity index (χ1n) is 6.63. The van der Waals surface area contributed by atoms with E-state index in [0.717, 1.165) is 28.4 Å². The normalized spacial score (nSPS) is 17.1. The molecule has 1 aromatic heterocycles. The molecule has 1 heterocycles. The third kappa shape index (κ3) is 2.89. The molecule has 0 saturated carbocycles. The molecule has 0 amide bonds. The highest BCUT2D eigenvalue weighted by Crippen LogP contribution is 2.26. The summed E-state index contributed by atoms with van der Waals surface area (Å²) in [5, 5.41) is 6.51. The topological polar surface area (TPSA) is 24.9 Å². The summed E-state index contributed by atoms with van der Waals surface area (Å²) in [5.41, 5.74) is 3.28. The standard InChI is InChI=1S/C17H16N2S/c1-2-13-8-10-14(11-9-13)16-12-20-17(19-16)18-15-6-4-3-5-7-15/h2-6,8-12,15H,1,7H2,(H,18,19). The van der Waals surface area contributed by atoms with Gasteiger partial charge in [-0.3, -0.25) is 0 Å². The van der Waals surface area contributed by atoms with Crippen LogP contribution in [0.25, 0.3) is 17.3 Å². The maximum absolute atomic E-state index is 4.65. The van der Waals surface area contributed by atoms with E-state index >= 15 is 0 Å². The van der Waals surface area contributed by atoms with E-state index in [4.69, 9.17) is 0 Å². The highest BCUT2D eigenvalue weighted by Gasteiger charge is 2.09. The third-order valence-electron chi connectivity index (χ3n) is 3.24. The molecule has 0 spiro atoms. The van der Waals surface area contributed by atoms with Gasteiger partial charge in [0, 0.05) is 10.9 Å². The first-order chi connectivity index (χ1) is 9.85. The number of allylic oxidation sites excluding steroid dienone is 2. The van der Waals surface area contributed by atoms with Crippen LogP contribution in [0.3, 0.4) is 0 Å². The molecule has 100 valence electrons. The Labute approximate surface area is 123 Å². The zero-order chi connectivity index (χ0) is 13.8. The molecule has 1 unspecified atom stereocenters. The van der Waals surface area contributed by atoms with Gasteiger partial charge in [-0.1, -0.05) is 61.2 Å². The van der Waals surface area contributed by atoms with Crippen LogP contribution in [0.4, 0.5) is 5.13 Å². The number of aromatic nitrogens is 1. The molecule has 0 saturated heterocycles. The first kappa shape index (κ1) is 12.9. The van der Waals surface area contributed by atoms with Crippen molar-refractivity contribution in [3.05, 3.63) is 66.1 Å². The molecule has 2 aromatic rings. The lowest BCUT2D eigenvalue weighted by atomic mass is 10.1. The van der Waals surface area contributed by atoms with E-state index in [9.17, 15) is 0 Å². The molecule has 0 bridgehead atoms. The minimum atomic E-state index is 0.349. The lowest BCUT2D eigenvalue weighted by molar-refractivity contribution is 0.881. The predicted octanol–water partition coefficient (Wildman–Crippen LogP) is 4.75. The van der Waals surface area contributed by atoms with Crippen molar-refractivity contribution in [3.63, 3.8) is 0 Å². The van der Waals surface area contributed by atoms with Gasteiger partial charge in [-0.15, -0.1) is 11.3 Å². The largest absolute Gasteiger partial charge is 0.355 e. The molecular weight excluding hydrogens is 264 g/mol. The maximum Gasteiger partial charge on any atom is 0.183 e. The van der Waals surface area contributed by atoms with Gasteiger partial charge in [-0.25, -0.2) is 4.98 Å². The smallest absolute Gasteiger partial charge is 0.183 e.